The smallest absolute Gasteiger partial charge is 0.254 e. The fourth-order valence-corrected chi connectivity index (χ4v) is 2.32. The maximum atomic E-state index is 12.4. The van der Waals surface area contributed by atoms with Crippen molar-refractivity contribution in [1.82, 2.24) is 4.90 Å². The summed E-state index contributed by atoms with van der Waals surface area (Å²) < 4.78 is 5.07. The fraction of sp³-hybridized carbons (Fsp3) is 0.263. The molecule has 1 N–H and O–H groups in total. The molecular formula is C19H22N2O3. The first-order valence-corrected chi connectivity index (χ1v) is 7.68. The second-order valence-electron chi connectivity index (χ2n) is 5.69. The lowest BCUT2D eigenvalue weighted by atomic mass is 10.1. The molecule has 0 radical (unpaired) electrons. The van der Waals surface area contributed by atoms with Crippen LogP contribution in [0.25, 0.3) is 0 Å². The highest BCUT2D eigenvalue weighted by Gasteiger charge is 2.15. The number of likely N-dealkylation sites (N-methyl/N-ethyl adjacent to an activating group) is 1. The number of ether oxygens (including phenoxy) is 1. The maximum absolute atomic E-state index is 12.4. The zero-order valence-electron chi connectivity index (χ0n) is 14.4. The van der Waals surface area contributed by atoms with Crippen molar-refractivity contribution in [2.24, 2.45) is 0 Å². The molecule has 0 aromatic heterocycles. The van der Waals surface area contributed by atoms with Gasteiger partial charge in [0.15, 0.2) is 0 Å². The van der Waals surface area contributed by atoms with Crippen LogP contribution in [-0.4, -0.2) is 37.4 Å². The third kappa shape index (κ3) is 4.13. The van der Waals surface area contributed by atoms with Crippen molar-refractivity contribution in [1.29, 1.82) is 0 Å². The van der Waals surface area contributed by atoms with Crippen LogP contribution < -0.4 is 10.1 Å². The van der Waals surface area contributed by atoms with Crippen molar-refractivity contribution >= 4 is 17.5 Å². The molecule has 5 nitrogen and oxygen atoms in total. The van der Waals surface area contributed by atoms with E-state index in [1.165, 1.54) is 4.90 Å². The van der Waals surface area contributed by atoms with Crippen molar-refractivity contribution in [2.75, 3.05) is 26.0 Å². The minimum atomic E-state index is -0.229. The molecule has 0 fully saturated rings. The number of carbonyl (C=O) groups is 2. The molecule has 0 saturated carbocycles. The molecule has 0 bridgehead atoms. The second kappa shape index (κ2) is 7.64. The number of methoxy groups -OCH3 is 1. The highest BCUT2D eigenvalue weighted by atomic mass is 16.5. The Morgan fingerprint density at radius 2 is 1.75 bits per heavy atom. The van der Waals surface area contributed by atoms with E-state index in [-0.39, 0.29) is 18.4 Å². The third-order valence-electron chi connectivity index (χ3n) is 3.94. The average Bonchev–Trinajstić information content (AvgIpc) is 2.58. The quantitative estimate of drug-likeness (QED) is 0.919. The predicted molar refractivity (Wildman–Crippen MR) is 94.5 cm³/mol. The van der Waals surface area contributed by atoms with E-state index in [1.807, 2.05) is 32.0 Å². The number of nitrogens with one attached hydrogen (secondary N) is 1. The Morgan fingerprint density at radius 3 is 2.38 bits per heavy atom. The standard InChI is InChI=1S/C19H22N2O3/c1-13-6-5-7-17(14(13)2)20-18(22)12-21(3)19(23)15-8-10-16(24-4)11-9-15/h5-11H,12H2,1-4H3,(H,20,22). The molecule has 0 saturated heterocycles. The van der Waals surface area contributed by atoms with E-state index in [4.69, 9.17) is 4.74 Å². The molecule has 24 heavy (non-hydrogen) atoms. The monoisotopic (exact) mass is 326 g/mol. The van der Waals surface area contributed by atoms with E-state index in [0.29, 0.717) is 11.3 Å². The first-order valence-electron chi connectivity index (χ1n) is 7.68. The van der Waals surface area contributed by atoms with Gasteiger partial charge in [0, 0.05) is 18.3 Å². The lowest BCUT2D eigenvalue weighted by Gasteiger charge is -2.18. The van der Waals surface area contributed by atoms with E-state index < -0.39 is 0 Å². The minimum absolute atomic E-state index is 0.0156. The zero-order chi connectivity index (χ0) is 17.7. The normalized spacial score (nSPS) is 10.2. The first-order chi connectivity index (χ1) is 11.4. The molecule has 0 aliphatic rings. The van der Waals surface area contributed by atoms with Crippen LogP contribution in [0.1, 0.15) is 21.5 Å². The van der Waals surface area contributed by atoms with Crippen LogP contribution in [0.5, 0.6) is 5.75 Å². The number of hydrogen-bond acceptors (Lipinski definition) is 3. The van der Waals surface area contributed by atoms with Gasteiger partial charge in [-0.05, 0) is 55.3 Å². The summed E-state index contributed by atoms with van der Waals surface area (Å²) in [6.07, 6.45) is 0. The van der Waals surface area contributed by atoms with Crippen LogP contribution in [0, 0.1) is 13.8 Å². The molecule has 0 heterocycles. The summed E-state index contributed by atoms with van der Waals surface area (Å²) in [5.41, 5.74) is 3.41. The van der Waals surface area contributed by atoms with Gasteiger partial charge in [0.25, 0.3) is 5.91 Å². The van der Waals surface area contributed by atoms with E-state index >= 15 is 0 Å². The number of carbonyl (C=O) groups excluding carboxylic acids is 2. The van der Waals surface area contributed by atoms with Crippen molar-refractivity contribution in [3.05, 3.63) is 59.2 Å². The van der Waals surface area contributed by atoms with Crippen LogP contribution in [0.4, 0.5) is 5.69 Å². The van der Waals surface area contributed by atoms with Gasteiger partial charge in [-0.2, -0.15) is 0 Å². The van der Waals surface area contributed by atoms with Gasteiger partial charge in [0.05, 0.1) is 13.7 Å². The van der Waals surface area contributed by atoms with E-state index in [1.54, 1.807) is 38.4 Å². The lowest BCUT2D eigenvalue weighted by molar-refractivity contribution is -0.116. The van der Waals surface area contributed by atoms with Crippen molar-refractivity contribution in [2.45, 2.75) is 13.8 Å². The largest absolute Gasteiger partial charge is 0.497 e. The molecule has 2 rings (SSSR count). The summed E-state index contributed by atoms with van der Waals surface area (Å²) in [6, 6.07) is 12.5. The first kappa shape index (κ1) is 17.5. The number of anilines is 1. The third-order valence-corrected chi connectivity index (χ3v) is 3.94. The fourth-order valence-electron chi connectivity index (χ4n) is 2.32. The summed E-state index contributed by atoms with van der Waals surface area (Å²) in [5, 5.41) is 2.85. The Kier molecular flexibility index (Phi) is 5.58. The van der Waals surface area contributed by atoms with Crippen LogP contribution >= 0.6 is 0 Å². The van der Waals surface area contributed by atoms with Crippen LogP contribution in [-0.2, 0) is 4.79 Å². The van der Waals surface area contributed by atoms with Gasteiger partial charge in [-0.3, -0.25) is 9.59 Å². The molecule has 126 valence electrons. The Labute approximate surface area is 142 Å². The molecule has 5 heteroatoms. The lowest BCUT2D eigenvalue weighted by Crippen LogP contribution is -2.35. The SMILES string of the molecule is COc1ccc(C(=O)N(C)CC(=O)Nc2cccc(C)c2C)cc1. The number of aryl methyl sites for hydroxylation is 1. The van der Waals surface area contributed by atoms with Crippen molar-refractivity contribution in [3.63, 3.8) is 0 Å². The van der Waals surface area contributed by atoms with Crippen molar-refractivity contribution < 1.29 is 14.3 Å². The van der Waals surface area contributed by atoms with Crippen LogP contribution in [0.2, 0.25) is 0 Å². The predicted octanol–water partition coefficient (Wildman–Crippen LogP) is 3.02. The minimum Gasteiger partial charge on any atom is -0.497 e. The van der Waals surface area contributed by atoms with Gasteiger partial charge in [0.2, 0.25) is 5.91 Å². The number of amides is 2. The number of rotatable bonds is 5. The second-order valence-corrected chi connectivity index (χ2v) is 5.69. The number of nitrogens with zero attached hydrogens (tertiary/aromatic N) is 1. The molecule has 0 spiro atoms. The molecule has 0 aliphatic heterocycles. The van der Waals surface area contributed by atoms with Crippen LogP contribution in [0.15, 0.2) is 42.5 Å². The molecule has 2 aromatic carbocycles. The summed E-state index contributed by atoms with van der Waals surface area (Å²) in [5.74, 6) is 0.240. The summed E-state index contributed by atoms with van der Waals surface area (Å²) in [4.78, 5) is 25.9. The Hall–Kier alpha value is -2.82. The van der Waals surface area contributed by atoms with Gasteiger partial charge in [-0.15, -0.1) is 0 Å². The Balaban J connectivity index is 1.99. The van der Waals surface area contributed by atoms with E-state index in [2.05, 4.69) is 5.32 Å². The zero-order valence-corrected chi connectivity index (χ0v) is 14.4. The molecule has 2 aromatic rings. The molecular weight excluding hydrogens is 304 g/mol. The maximum Gasteiger partial charge on any atom is 0.254 e. The van der Waals surface area contributed by atoms with E-state index in [0.717, 1.165) is 16.8 Å². The highest BCUT2D eigenvalue weighted by Crippen LogP contribution is 2.18. The number of hydrogen-bond donors (Lipinski definition) is 1. The van der Waals surface area contributed by atoms with Crippen molar-refractivity contribution in [3.8, 4) is 5.75 Å². The summed E-state index contributed by atoms with van der Waals surface area (Å²) in [7, 11) is 3.18. The van der Waals surface area contributed by atoms with Gasteiger partial charge in [0.1, 0.15) is 5.75 Å². The van der Waals surface area contributed by atoms with Crippen LogP contribution in [0.3, 0.4) is 0 Å². The highest BCUT2D eigenvalue weighted by molar-refractivity contribution is 5.99. The van der Waals surface area contributed by atoms with Gasteiger partial charge >= 0.3 is 0 Å². The molecule has 0 aliphatic carbocycles. The summed E-state index contributed by atoms with van der Waals surface area (Å²) >= 11 is 0. The molecule has 0 unspecified atom stereocenters. The van der Waals surface area contributed by atoms with Gasteiger partial charge in [-0.1, -0.05) is 12.1 Å². The van der Waals surface area contributed by atoms with Gasteiger partial charge < -0.3 is 15.0 Å². The Bertz CT molecular complexity index is 739. The topological polar surface area (TPSA) is 58.6 Å². The Morgan fingerprint density at radius 1 is 1.08 bits per heavy atom. The molecule has 0 atom stereocenters. The van der Waals surface area contributed by atoms with E-state index in [9.17, 15) is 9.59 Å². The molecule has 2 amide bonds. The average molecular weight is 326 g/mol. The van der Waals surface area contributed by atoms with Gasteiger partial charge in [-0.25, -0.2) is 0 Å². The number of benzene rings is 2. The summed E-state index contributed by atoms with van der Waals surface area (Å²) in [6.45, 7) is 3.93.